The average Bonchev–Trinajstić information content (AvgIpc) is 2.12. The van der Waals surface area contributed by atoms with Crippen LogP contribution in [0.15, 0.2) is 12.1 Å². The number of ether oxygens (including phenoxy) is 1. The van der Waals surface area contributed by atoms with Gasteiger partial charge in [-0.05, 0) is 11.6 Å². The van der Waals surface area contributed by atoms with Crippen molar-refractivity contribution in [1.82, 2.24) is 0 Å². The maximum atomic E-state index is 10.6. The Morgan fingerprint density at radius 1 is 1.62 bits per heavy atom. The summed E-state index contributed by atoms with van der Waals surface area (Å²) in [6, 6.07) is 3.17. The van der Waals surface area contributed by atoms with Gasteiger partial charge in [0.15, 0.2) is 6.29 Å². The Morgan fingerprint density at radius 2 is 2.31 bits per heavy atom. The molecule has 0 aliphatic rings. The SMILES string of the molecule is COCc1ccc(Cl)c(O)c1C=O. The van der Waals surface area contributed by atoms with Crippen molar-refractivity contribution in [3.8, 4) is 5.75 Å². The Morgan fingerprint density at radius 3 is 2.85 bits per heavy atom. The lowest BCUT2D eigenvalue weighted by atomic mass is 10.1. The van der Waals surface area contributed by atoms with Gasteiger partial charge in [-0.15, -0.1) is 0 Å². The van der Waals surface area contributed by atoms with Crippen molar-refractivity contribution < 1.29 is 14.6 Å². The van der Waals surface area contributed by atoms with Crippen LogP contribution in [0.1, 0.15) is 15.9 Å². The third-order valence-corrected chi connectivity index (χ3v) is 1.98. The molecule has 0 aromatic heterocycles. The number of halogens is 1. The van der Waals surface area contributed by atoms with Gasteiger partial charge in [0.25, 0.3) is 0 Å². The van der Waals surface area contributed by atoms with E-state index in [-0.39, 0.29) is 22.9 Å². The van der Waals surface area contributed by atoms with E-state index in [1.54, 1.807) is 6.07 Å². The van der Waals surface area contributed by atoms with Crippen LogP contribution in [0.25, 0.3) is 0 Å². The summed E-state index contributed by atoms with van der Waals surface area (Å²) in [6.45, 7) is 0.277. The summed E-state index contributed by atoms with van der Waals surface area (Å²) < 4.78 is 4.85. The Bertz CT molecular complexity index is 323. The molecule has 0 radical (unpaired) electrons. The van der Waals surface area contributed by atoms with Crippen molar-refractivity contribution in [2.24, 2.45) is 0 Å². The lowest BCUT2D eigenvalue weighted by Crippen LogP contribution is -1.95. The summed E-state index contributed by atoms with van der Waals surface area (Å²) in [5.41, 5.74) is 0.814. The Labute approximate surface area is 80.9 Å². The number of carbonyl (C=O) groups excluding carboxylic acids is 1. The summed E-state index contributed by atoms with van der Waals surface area (Å²) in [4.78, 5) is 10.6. The molecule has 1 aromatic rings. The first kappa shape index (κ1) is 10.0. The highest BCUT2D eigenvalue weighted by Gasteiger charge is 2.09. The molecule has 0 saturated carbocycles. The zero-order valence-corrected chi connectivity index (χ0v) is 7.84. The Balaban J connectivity index is 3.21. The number of carbonyl (C=O) groups is 1. The minimum absolute atomic E-state index is 0.168. The van der Waals surface area contributed by atoms with Gasteiger partial charge >= 0.3 is 0 Å². The van der Waals surface area contributed by atoms with E-state index in [1.807, 2.05) is 0 Å². The van der Waals surface area contributed by atoms with E-state index in [1.165, 1.54) is 13.2 Å². The standard InChI is InChI=1S/C9H9ClO3/c1-13-5-6-2-3-8(10)9(12)7(6)4-11/h2-4,12H,5H2,1H3. The van der Waals surface area contributed by atoms with Gasteiger partial charge in [-0.1, -0.05) is 17.7 Å². The van der Waals surface area contributed by atoms with Gasteiger partial charge in [-0.2, -0.15) is 0 Å². The number of benzene rings is 1. The second kappa shape index (κ2) is 4.25. The van der Waals surface area contributed by atoms with E-state index in [2.05, 4.69) is 0 Å². The van der Waals surface area contributed by atoms with Crippen LogP contribution >= 0.6 is 11.6 Å². The average molecular weight is 201 g/mol. The van der Waals surface area contributed by atoms with Gasteiger partial charge in [0, 0.05) is 7.11 Å². The fraction of sp³-hybridized carbons (Fsp3) is 0.222. The summed E-state index contributed by atoms with van der Waals surface area (Å²) in [6.07, 6.45) is 0.565. The van der Waals surface area contributed by atoms with Gasteiger partial charge < -0.3 is 9.84 Å². The molecule has 0 unspecified atom stereocenters. The quantitative estimate of drug-likeness (QED) is 0.760. The molecule has 0 spiro atoms. The molecule has 0 heterocycles. The molecule has 1 aromatic carbocycles. The molecular weight excluding hydrogens is 192 g/mol. The molecule has 0 aliphatic heterocycles. The lowest BCUT2D eigenvalue weighted by molar-refractivity contribution is 0.111. The van der Waals surface area contributed by atoms with Gasteiger partial charge in [0.2, 0.25) is 0 Å². The maximum absolute atomic E-state index is 10.6. The second-order valence-electron chi connectivity index (χ2n) is 2.52. The van der Waals surface area contributed by atoms with Crippen LogP contribution in [0.3, 0.4) is 0 Å². The summed E-state index contributed by atoms with van der Waals surface area (Å²) in [7, 11) is 1.51. The minimum atomic E-state index is -0.189. The van der Waals surface area contributed by atoms with E-state index in [0.29, 0.717) is 11.8 Å². The van der Waals surface area contributed by atoms with Crippen LogP contribution in [0, 0.1) is 0 Å². The highest BCUT2D eigenvalue weighted by molar-refractivity contribution is 6.32. The molecule has 3 nitrogen and oxygen atoms in total. The second-order valence-corrected chi connectivity index (χ2v) is 2.93. The van der Waals surface area contributed by atoms with Crippen molar-refractivity contribution >= 4 is 17.9 Å². The molecule has 1 N–H and O–H groups in total. The molecule has 0 aliphatic carbocycles. The van der Waals surface area contributed by atoms with Crippen LogP contribution in [-0.2, 0) is 11.3 Å². The third kappa shape index (κ3) is 1.99. The minimum Gasteiger partial charge on any atom is -0.506 e. The van der Waals surface area contributed by atoms with Crippen molar-refractivity contribution in [1.29, 1.82) is 0 Å². The molecule has 0 atom stereocenters. The van der Waals surface area contributed by atoms with Gasteiger partial charge in [-0.25, -0.2) is 0 Å². The van der Waals surface area contributed by atoms with E-state index >= 15 is 0 Å². The smallest absolute Gasteiger partial charge is 0.154 e. The number of phenols is 1. The number of phenolic OH excluding ortho intramolecular Hbond substituents is 1. The van der Waals surface area contributed by atoms with Crippen LogP contribution < -0.4 is 0 Å². The Hall–Kier alpha value is -1.06. The van der Waals surface area contributed by atoms with Gasteiger partial charge in [0.1, 0.15) is 5.75 Å². The first-order valence-electron chi connectivity index (χ1n) is 3.65. The molecule has 4 heteroatoms. The predicted octanol–water partition coefficient (Wildman–Crippen LogP) is 2.00. The highest BCUT2D eigenvalue weighted by atomic mass is 35.5. The lowest BCUT2D eigenvalue weighted by Gasteiger charge is -2.06. The number of aldehydes is 1. The van der Waals surface area contributed by atoms with E-state index < -0.39 is 0 Å². The monoisotopic (exact) mass is 200 g/mol. The largest absolute Gasteiger partial charge is 0.506 e. The van der Waals surface area contributed by atoms with Crippen molar-refractivity contribution in [2.75, 3.05) is 7.11 Å². The number of methoxy groups -OCH3 is 1. The fourth-order valence-electron chi connectivity index (χ4n) is 1.04. The van der Waals surface area contributed by atoms with Crippen LogP contribution in [0.4, 0.5) is 0 Å². The van der Waals surface area contributed by atoms with Crippen molar-refractivity contribution in [3.05, 3.63) is 28.3 Å². The van der Waals surface area contributed by atoms with Crippen molar-refractivity contribution in [3.63, 3.8) is 0 Å². The van der Waals surface area contributed by atoms with Gasteiger partial charge in [0.05, 0.1) is 17.2 Å². The summed E-state index contributed by atoms with van der Waals surface area (Å²) >= 11 is 5.62. The Kier molecular flexibility index (Phi) is 3.28. The van der Waals surface area contributed by atoms with E-state index in [4.69, 9.17) is 16.3 Å². The summed E-state index contributed by atoms with van der Waals surface area (Å²) in [5.74, 6) is -0.189. The predicted molar refractivity (Wildman–Crippen MR) is 49.2 cm³/mol. The summed E-state index contributed by atoms with van der Waals surface area (Å²) in [5, 5.41) is 9.55. The molecule has 0 fully saturated rings. The topological polar surface area (TPSA) is 46.5 Å². The van der Waals surface area contributed by atoms with E-state index in [0.717, 1.165) is 0 Å². The molecule has 0 saturated heterocycles. The molecule has 13 heavy (non-hydrogen) atoms. The first-order chi connectivity index (χ1) is 6.20. The fourth-order valence-corrected chi connectivity index (χ4v) is 1.20. The van der Waals surface area contributed by atoms with Crippen molar-refractivity contribution in [2.45, 2.75) is 6.61 Å². The zero-order valence-electron chi connectivity index (χ0n) is 7.08. The molecule has 70 valence electrons. The molecular formula is C9H9ClO3. The van der Waals surface area contributed by atoms with E-state index in [9.17, 15) is 9.90 Å². The number of hydrogen-bond donors (Lipinski definition) is 1. The first-order valence-corrected chi connectivity index (χ1v) is 4.03. The van der Waals surface area contributed by atoms with Crippen LogP contribution in [0.2, 0.25) is 5.02 Å². The number of hydrogen-bond acceptors (Lipinski definition) is 3. The molecule has 1 rings (SSSR count). The normalized spacial score (nSPS) is 10.0. The zero-order chi connectivity index (χ0) is 9.84. The molecule has 0 amide bonds. The van der Waals surface area contributed by atoms with Crippen LogP contribution in [0.5, 0.6) is 5.75 Å². The number of aromatic hydroxyl groups is 1. The maximum Gasteiger partial charge on any atom is 0.154 e. The highest BCUT2D eigenvalue weighted by Crippen LogP contribution is 2.28. The third-order valence-electron chi connectivity index (χ3n) is 1.68. The van der Waals surface area contributed by atoms with Gasteiger partial charge in [-0.3, -0.25) is 4.79 Å². The number of rotatable bonds is 3. The molecule has 0 bridgehead atoms. The van der Waals surface area contributed by atoms with Crippen LogP contribution in [-0.4, -0.2) is 18.5 Å².